The Morgan fingerprint density at radius 2 is 1.69 bits per heavy atom. The number of aryl methyl sites for hydroxylation is 2. The Bertz CT molecular complexity index is 1680. The molecule has 0 saturated carbocycles. The lowest BCUT2D eigenvalue weighted by molar-refractivity contribution is -0.136. The van der Waals surface area contributed by atoms with E-state index in [2.05, 4.69) is 33.3 Å². The number of hydrogen-bond donors (Lipinski definition) is 1. The predicted octanol–water partition coefficient (Wildman–Crippen LogP) is 5.23. The zero-order valence-corrected chi connectivity index (χ0v) is 27.1. The summed E-state index contributed by atoms with van der Waals surface area (Å²) in [6, 6.07) is 18.0. The normalized spacial score (nSPS) is 22.6. The van der Waals surface area contributed by atoms with Crippen LogP contribution in [0.1, 0.15) is 61.9 Å². The molecule has 3 aromatic rings. The van der Waals surface area contributed by atoms with Gasteiger partial charge in [-0.1, -0.05) is 46.5 Å². The van der Waals surface area contributed by atoms with Crippen LogP contribution in [-0.2, 0) is 11.3 Å². The summed E-state index contributed by atoms with van der Waals surface area (Å²) in [5.74, 6) is 0.0638. The molecule has 4 heterocycles. The van der Waals surface area contributed by atoms with Gasteiger partial charge in [-0.3, -0.25) is 19.3 Å². The maximum Gasteiger partial charge on any atom is 0.254 e. The van der Waals surface area contributed by atoms with Gasteiger partial charge in [0.15, 0.2) is 0 Å². The van der Waals surface area contributed by atoms with Crippen LogP contribution < -0.4 is 10.2 Å². The first kappa shape index (κ1) is 30.1. The molecule has 4 aliphatic rings. The van der Waals surface area contributed by atoms with Gasteiger partial charge in [0.2, 0.25) is 5.91 Å². The Hall–Kier alpha value is -3.59. The molecule has 1 N–H and O–H groups in total. The van der Waals surface area contributed by atoms with Crippen LogP contribution in [-0.4, -0.2) is 83.8 Å². The molecule has 45 heavy (non-hydrogen) atoms. The van der Waals surface area contributed by atoms with Crippen LogP contribution in [0, 0.1) is 13.8 Å². The molecule has 0 spiro atoms. The monoisotopic (exact) mass is 645 g/mol. The summed E-state index contributed by atoms with van der Waals surface area (Å²) in [6.07, 6.45) is 1.49. The van der Waals surface area contributed by atoms with Gasteiger partial charge in [0.05, 0.1) is 16.1 Å². The summed E-state index contributed by atoms with van der Waals surface area (Å²) in [5, 5.41) is 3.79. The molecule has 0 radical (unpaired) electrons. The molecule has 0 aliphatic carbocycles. The summed E-state index contributed by atoms with van der Waals surface area (Å²) in [6.45, 7) is 8.44. The number of amides is 3. The summed E-state index contributed by atoms with van der Waals surface area (Å²) in [7, 11) is 0. The topological polar surface area (TPSA) is 76.2 Å². The largest absolute Gasteiger partial charge is 0.366 e. The standard InChI is InChI=1S/C35H37Cl2N5O3/c1-21-11-22(2)13-24(12-21)35(45)40-9-10-41(32(20-40)23-3-6-30(36)31(37)15-23)33(43)7-8-39-18-28-16-27(39)19-42(28)26-4-5-29-25(14-26)17-38-34(29)44/h3-6,11-15,27-28,32H,7-10,16-20H2,1-2H3,(H,38,44). The molecular formula is C35H37Cl2N5O3. The summed E-state index contributed by atoms with van der Waals surface area (Å²) >= 11 is 12.7. The van der Waals surface area contributed by atoms with E-state index in [1.165, 1.54) is 5.69 Å². The second-order valence-corrected chi connectivity index (χ2v) is 13.7. The molecule has 0 aromatic heterocycles. The van der Waals surface area contributed by atoms with Crippen LogP contribution in [0.2, 0.25) is 10.0 Å². The van der Waals surface area contributed by atoms with Crippen molar-refractivity contribution >= 4 is 46.6 Å². The first-order chi connectivity index (χ1) is 21.6. The van der Waals surface area contributed by atoms with Crippen molar-refractivity contribution in [3.63, 3.8) is 0 Å². The van der Waals surface area contributed by atoms with Gasteiger partial charge in [-0.05, 0) is 73.9 Å². The van der Waals surface area contributed by atoms with E-state index in [4.69, 9.17) is 23.2 Å². The number of anilines is 1. The Kier molecular flexibility index (Phi) is 8.00. The number of carbonyl (C=O) groups is 3. The Morgan fingerprint density at radius 1 is 0.889 bits per heavy atom. The van der Waals surface area contributed by atoms with Crippen LogP contribution in [0.3, 0.4) is 0 Å². The lowest BCUT2D eigenvalue weighted by atomic mass is 10.00. The van der Waals surface area contributed by atoms with Crippen LogP contribution in [0.15, 0.2) is 54.6 Å². The van der Waals surface area contributed by atoms with Crippen LogP contribution in [0.4, 0.5) is 5.69 Å². The quantitative estimate of drug-likeness (QED) is 0.397. The highest BCUT2D eigenvalue weighted by Crippen LogP contribution is 2.37. The molecule has 8 nitrogen and oxygen atoms in total. The number of nitrogens with one attached hydrogen (secondary N) is 1. The molecule has 3 saturated heterocycles. The van der Waals surface area contributed by atoms with Crippen LogP contribution >= 0.6 is 23.2 Å². The third-order valence-electron chi connectivity index (χ3n) is 9.86. The van der Waals surface area contributed by atoms with Crippen LogP contribution in [0.5, 0.6) is 0 Å². The average molecular weight is 647 g/mol. The van der Waals surface area contributed by atoms with Crippen molar-refractivity contribution in [2.24, 2.45) is 0 Å². The molecule has 3 atom stereocenters. The molecule has 7 rings (SSSR count). The van der Waals surface area contributed by atoms with E-state index >= 15 is 0 Å². The van der Waals surface area contributed by atoms with E-state index in [1.807, 2.05) is 54.0 Å². The third kappa shape index (κ3) is 5.80. The average Bonchev–Trinajstić information content (AvgIpc) is 3.74. The van der Waals surface area contributed by atoms with Gasteiger partial charge in [-0.15, -0.1) is 0 Å². The van der Waals surface area contributed by atoms with Gasteiger partial charge in [0.25, 0.3) is 11.8 Å². The van der Waals surface area contributed by atoms with Gasteiger partial charge in [0.1, 0.15) is 0 Å². The zero-order chi connectivity index (χ0) is 31.4. The van der Waals surface area contributed by atoms with E-state index in [9.17, 15) is 14.4 Å². The minimum Gasteiger partial charge on any atom is -0.366 e. The van der Waals surface area contributed by atoms with Gasteiger partial charge in [0, 0.05) is 81.1 Å². The number of fused-ring (bicyclic) bond motifs is 3. The fraction of sp³-hybridized carbons (Fsp3) is 0.400. The predicted molar refractivity (Wildman–Crippen MR) is 176 cm³/mol. The first-order valence-corrected chi connectivity index (χ1v) is 16.4. The number of likely N-dealkylation sites (tertiary alicyclic amines) is 1. The fourth-order valence-electron chi connectivity index (χ4n) is 7.67. The van der Waals surface area contributed by atoms with E-state index in [-0.39, 0.29) is 23.8 Å². The van der Waals surface area contributed by atoms with Gasteiger partial charge < -0.3 is 20.0 Å². The van der Waals surface area contributed by atoms with Crippen LogP contribution in [0.25, 0.3) is 0 Å². The Labute approximate surface area is 273 Å². The molecular weight excluding hydrogens is 609 g/mol. The molecule has 4 aliphatic heterocycles. The van der Waals surface area contributed by atoms with Crippen molar-refractivity contribution in [1.29, 1.82) is 0 Å². The molecule has 3 amide bonds. The lowest BCUT2D eigenvalue weighted by Gasteiger charge is -2.42. The summed E-state index contributed by atoms with van der Waals surface area (Å²) in [5.41, 5.74) is 6.65. The minimum absolute atomic E-state index is 0.00566. The van der Waals surface area contributed by atoms with Crippen molar-refractivity contribution in [2.75, 3.05) is 44.2 Å². The maximum absolute atomic E-state index is 13.8. The smallest absolute Gasteiger partial charge is 0.254 e. The number of carbonyl (C=O) groups excluding carboxylic acids is 3. The lowest BCUT2D eigenvalue weighted by Crippen LogP contribution is -2.53. The maximum atomic E-state index is 13.8. The van der Waals surface area contributed by atoms with Crippen molar-refractivity contribution in [1.82, 2.24) is 20.0 Å². The number of nitrogens with zero attached hydrogens (tertiary/aromatic N) is 4. The number of hydrogen-bond acceptors (Lipinski definition) is 5. The van der Waals surface area contributed by atoms with Crippen molar-refractivity contribution < 1.29 is 14.4 Å². The second kappa shape index (κ2) is 12.0. The highest BCUT2D eigenvalue weighted by Gasteiger charge is 2.44. The van der Waals surface area contributed by atoms with Gasteiger partial charge in [-0.25, -0.2) is 0 Å². The number of rotatable bonds is 6. The molecule has 234 valence electrons. The zero-order valence-electron chi connectivity index (χ0n) is 25.6. The van der Waals surface area contributed by atoms with Crippen molar-refractivity contribution in [2.45, 2.75) is 51.4 Å². The minimum atomic E-state index is -0.317. The molecule has 2 bridgehead atoms. The molecule has 10 heteroatoms. The highest BCUT2D eigenvalue weighted by atomic mass is 35.5. The van der Waals surface area contributed by atoms with Gasteiger partial charge >= 0.3 is 0 Å². The number of piperazine rings is 2. The summed E-state index contributed by atoms with van der Waals surface area (Å²) in [4.78, 5) is 48.1. The van der Waals surface area contributed by atoms with E-state index in [0.29, 0.717) is 66.8 Å². The van der Waals surface area contributed by atoms with Gasteiger partial charge in [-0.2, -0.15) is 0 Å². The molecule has 3 aromatic carbocycles. The molecule has 3 unspecified atom stereocenters. The number of benzene rings is 3. The third-order valence-corrected chi connectivity index (χ3v) is 10.6. The SMILES string of the molecule is Cc1cc(C)cc(C(=O)N2CCN(C(=O)CCN3CC4CC3CN4c3ccc4c(c3)CNC4=O)C(c3ccc(Cl)c(Cl)c3)C2)c1. The van der Waals surface area contributed by atoms with E-state index in [1.54, 1.807) is 6.07 Å². The van der Waals surface area contributed by atoms with Crippen molar-refractivity contribution in [3.8, 4) is 0 Å². The Morgan fingerprint density at radius 3 is 2.42 bits per heavy atom. The van der Waals surface area contributed by atoms with Crippen molar-refractivity contribution in [3.05, 3.63) is 98.0 Å². The highest BCUT2D eigenvalue weighted by molar-refractivity contribution is 6.42. The fourth-order valence-corrected chi connectivity index (χ4v) is 7.98. The summed E-state index contributed by atoms with van der Waals surface area (Å²) < 4.78 is 0. The van der Waals surface area contributed by atoms with E-state index in [0.717, 1.165) is 47.3 Å². The molecule has 3 fully saturated rings. The number of halogens is 2. The first-order valence-electron chi connectivity index (χ1n) is 15.7. The second-order valence-electron chi connectivity index (χ2n) is 12.9. The Balaban J connectivity index is 1.02. The van der Waals surface area contributed by atoms with E-state index < -0.39 is 0 Å².